The first-order valence-corrected chi connectivity index (χ1v) is 7.84. The summed E-state index contributed by atoms with van der Waals surface area (Å²) in [7, 11) is 0. The Balaban J connectivity index is 1.56. The van der Waals surface area contributed by atoms with Crippen LogP contribution in [-0.4, -0.2) is 49.2 Å². The van der Waals surface area contributed by atoms with E-state index < -0.39 is 5.60 Å². The van der Waals surface area contributed by atoms with E-state index in [1.165, 1.54) is 25.7 Å². The molecule has 3 unspecified atom stereocenters. The van der Waals surface area contributed by atoms with Crippen LogP contribution in [-0.2, 0) is 9.47 Å². The third-order valence-electron chi connectivity index (χ3n) is 5.45. The lowest BCUT2D eigenvalue weighted by molar-refractivity contribution is -0.134. The highest BCUT2D eigenvalue weighted by Gasteiger charge is 2.56. The molecule has 110 valence electrons. The van der Waals surface area contributed by atoms with E-state index in [0.717, 1.165) is 19.4 Å². The molecule has 1 saturated heterocycles. The Bertz CT molecular complexity index is 309. The maximum Gasteiger partial charge on any atom is 0.102 e. The molecule has 2 saturated carbocycles. The van der Waals surface area contributed by atoms with Gasteiger partial charge in [0.2, 0.25) is 0 Å². The lowest BCUT2D eigenvalue weighted by Crippen LogP contribution is -2.64. The molecule has 0 bridgehead atoms. The van der Waals surface area contributed by atoms with Crippen molar-refractivity contribution in [2.24, 2.45) is 5.41 Å². The normalized spacial score (nSPS) is 40.7. The van der Waals surface area contributed by atoms with Crippen LogP contribution in [0.2, 0.25) is 0 Å². The van der Waals surface area contributed by atoms with E-state index in [0.29, 0.717) is 37.3 Å². The molecule has 1 spiro atoms. The van der Waals surface area contributed by atoms with Crippen LogP contribution in [0.1, 0.15) is 45.4 Å². The molecule has 3 aliphatic rings. The largest absolute Gasteiger partial charge is 0.386 e. The van der Waals surface area contributed by atoms with Gasteiger partial charge in [0.05, 0.1) is 12.7 Å². The second kappa shape index (κ2) is 5.32. The maximum atomic E-state index is 10.3. The van der Waals surface area contributed by atoms with Gasteiger partial charge in [-0.15, -0.1) is 0 Å². The number of nitrogens with one attached hydrogen (secondary N) is 1. The number of aliphatic hydroxyl groups is 1. The van der Waals surface area contributed by atoms with Gasteiger partial charge in [0.25, 0.3) is 0 Å². The average Bonchev–Trinajstić information content (AvgIpc) is 3.03. The Morgan fingerprint density at radius 3 is 2.74 bits per heavy atom. The first-order valence-electron chi connectivity index (χ1n) is 7.84. The van der Waals surface area contributed by atoms with Crippen molar-refractivity contribution in [1.82, 2.24) is 5.32 Å². The van der Waals surface area contributed by atoms with E-state index in [4.69, 9.17) is 9.47 Å². The standard InChI is InChI=1S/C15H27NO3/c1-2-19-13-9-12(15(13)5-3-4-6-15)16-10-14(17)7-8-18-11-14/h12-13,16-17H,2-11H2,1H3. The fourth-order valence-electron chi connectivity index (χ4n) is 4.22. The summed E-state index contributed by atoms with van der Waals surface area (Å²) in [5.41, 5.74) is -0.289. The van der Waals surface area contributed by atoms with Gasteiger partial charge in [0, 0.05) is 37.6 Å². The van der Waals surface area contributed by atoms with Crippen LogP contribution in [0.25, 0.3) is 0 Å². The summed E-state index contributed by atoms with van der Waals surface area (Å²) in [6.07, 6.45) is 7.52. The Hall–Kier alpha value is -0.160. The molecule has 4 nitrogen and oxygen atoms in total. The SMILES string of the molecule is CCOC1CC(NCC2(O)CCOC2)C12CCCC2. The van der Waals surface area contributed by atoms with Crippen LogP contribution in [0, 0.1) is 5.41 Å². The highest BCUT2D eigenvalue weighted by Crippen LogP contribution is 2.54. The van der Waals surface area contributed by atoms with Gasteiger partial charge in [0.15, 0.2) is 0 Å². The van der Waals surface area contributed by atoms with Gasteiger partial charge in [-0.1, -0.05) is 12.8 Å². The summed E-state index contributed by atoms with van der Waals surface area (Å²) < 4.78 is 11.2. The molecular weight excluding hydrogens is 242 g/mol. The lowest BCUT2D eigenvalue weighted by Gasteiger charge is -2.54. The summed E-state index contributed by atoms with van der Waals surface area (Å²) in [6.45, 7) is 4.74. The molecule has 3 atom stereocenters. The van der Waals surface area contributed by atoms with E-state index in [1.807, 2.05) is 0 Å². The third kappa shape index (κ3) is 2.44. The molecule has 0 aromatic rings. The van der Waals surface area contributed by atoms with Gasteiger partial charge in [-0.2, -0.15) is 0 Å². The van der Waals surface area contributed by atoms with E-state index in [9.17, 15) is 5.11 Å². The highest BCUT2D eigenvalue weighted by molar-refractivity contribution is 5.10. The monoisotopic (exact) mass is 269 g/mol. The van der Waals surface area contributed by atoms with Crippen LogP contribution in [0.4, 0.5) is 0 Å². The van der Waals surface area contributed by atoms with Crippen molar-refractivity contribution in [1.29, 1.82) is 0 Å². The number of hydrogen-bond donors (Lipinski definition) is 2. The van der Waals surface area contributed by atoms with Crippen LogP contribution in [0.15, 0.2) is 0 Å². The molecule has 0 radical (unpaired) electrons. The number of ether oxygens (including phenoxy) is 2. The molecule has 4 heteroatoms. The molecule has 2 N–H and O–H groups in total. The second-order valence-corrected chi connectivity index (χ2v) is 6.58. The van der Waals surface area contributed by atoms with E-state index in [-0.39, 0.29) is 0 Å². The Morgan fingerprint density at radius 1 is 1.32 bits per heavy atom. The zero-order valence-electron chi connectivity index (χ0n) is 12.0. The maximum absolute atomic E-state index is 10.3. The van der Waals surface area contributed by atoms with Crippen molar-refractivity contribution in [2.75, 3.05) is 26.4 Å². The summed E-state index contributed by atoms with van der Waals surface area (Å²) in [4.78, 5) is 0. The van der Waals surface area contributed by atoms with Crippen molar-refractivity contribution in [3.05, 3.63) is 0 Å². The minimum absolute atomic E-state index is 0.353. The minimum atomic E-state index is -0.642. The quantitative estimate of drug-likeness (QED) is 0.793. The number of hydrogen-bond acceptors (Lipinski definition) is 4. The van der Waals surface area contributed by atoms with Crippen LogP contribution in [0.5, 0.6) is 0 Å². The van der Waals surface area contributed by atoms with Gasteiger partial charge in [-0.25, -0.2) is 0 Å². The predicted octanol–water partition coefficient (Wildman–Crippen LogP) is 1.47. The number of rotatable bonds is 5. The van der Waals surface area contributed by atoms with Crippen LogP contribution >= 0.6 is 0 Å². The molecule has 19 heavy (non-hydrogen) atoms. The average molecular weight is 269 g/mol. The van der Waals surface area contributed by atoms with E-state index >= 15 is 0 Å². The molecule has 0 amide bonds. The topological polar surface area (TPSA) is 50.7 Å². The smallest absolute Gasteiger partial charge is 0.102 e. The fraction of sp³-hybridized carbons (Fsp3) is 1.00. The Labute approximate surface area is 115 Å². The summed E-state index contributed by atoms with van der Waals surface area (Å²) in [5.74, 6) is 0. The minimum Gasteiger partial charge on any atom is -0.386 e. The molecule has 3 rings (SSSR count). The molecule has 3 fully saturated rings. The van der Waals surface area contributed by atoms with E-state index in [1.54, 1.807) is 0 Å². The van der Waals surface area contributed by atoms with Crippen molar-refractivity contribution in [3.63, 3.8) is 0 Å². The van der Waals surface area contributed by atoms with Gasteiger partial charge >= 0.3 is 0 Å². The third-order valence-corrected chi connectivity index (χ3v) is 5.45. The van der Waals surface area contributed by atoms with Crippen molar-refractivity contribution in [2.45, 2.75) is 63.2 Å². The summed E-state index contributed by atoms with van der Waals surface area (Å²) in [6, 6.07) is 0.524. The Morgan fingerprint density at radius 2 is 2.11 bits per heavy atom. The van der Waals surface area contributed by atoms with Gasteiger partial charge in [0.1, 0.15) is 5.60 Å². The van der Waals surface area contributed by atoms with E-state index in [2.05, 4.69) is 12.2 Å². The molecule has 1 aliphatic heterocycles. The van der Waals surface area contributed by atoms with Crippen molar-refractivity contribution >= 4 is 0 Å². The molecule has 2 aliphatic carbocycles. The zero-order valence-corrected chi connectivity index (χ0v) is 12.0. The first-order chi connectivity index (χ1) is 9.19. The van der Waals surface area contributed by atoms with Crippen molar-refractivity contribution < 1.29 is 14.6 Å². The zero-order chi connectivity index (χ0) is 13.3. The molecular formula is C15H27NO3. The summed E-state index contributed by atoms with van der Waals surface area (Å²) >= 11 is 0. The molecule has 0 aromatic heterocycles. The molecule has 0 aromatic carbocycles. The first kappa shape index (κ1) is 13.8. The Kier molecular flexibility index (Phi) is 3.87. The highest BCUT2D eigenvalue weighted by atomic mass is 16.5. The predicted molar refractivity (Wildman–Crippen MR) is 73.1 cm³/mol. The van der Waals surface area contributed by atoms with Gasteiger partial charge in [-0.05, 0) is 26.2 Å². The lowest BCUT2D eigenvalue weighted by atomic mass is 9.60. The molecule has 1 heterocycles. The fourth-order valence-corrected chi connectivity index (χ4v) is 4.22. The summed E-state index contributed by atoms with van der Waals surface area (Å²) in [5, 5.41) is 14.0. The van der Waals surface area contributed by atoms with Crippen LogP contribution in [0.3, 0.4) is 0 Å². The van der Waals surface area contributed by atoms with Crippen molar-refractivity contribution in [3.8, 4) is 0 Å². The van der Waals surface area contributed by atoms with Gasteiger partial charge in [-0.3, -0.25) is 0 Å². The van der Waals surface area contributed by atoms with Gasteiger partial charge < -0.3 is 19.9 Å². The van der Waals surface area contributed by atoms with Crippen LogP contribution < -0.4 is 5.32 Å². The second-order valence-electron chi connectivity index (χ2n) is 6.58.